The Bertz CT molecular complexity index is 779. The Kier molecular flexibility index (Phi) is 5.68. The minimum absolute atomic E-state index is 0.00435. The second-order valence-electron chi connectivity index (χ2n) is 5.98. The first kappa shape index (κ1) is 17.7. The molecule has 1 atom stereocenters. The molecule has 2 N–H and O–H groups in total. The van der Waals surface area contributed by atoms with Crippen molar-refractivity contribution in [2.24, 2.45) is 4.99 Å². The highest BCUT2D eigenvalue weighted by Crippen LogP contribution is 2.21. The van der Waals surface area contributed by atoms with Gasteiger partial charge in [-0.05, 0) is 18.2 Å². The number of aliphatic imine (C=N–C) groups is 1. The number of hydrogen-bond donors (Lipinski definition) is 2. The van der Waals surface area contributed by atoms with Crippen LogP contribution in [0.5, 0.6) is 5.88 Å². The molecule has 0 bridgehead atoms. The van der Waals surface area contributed by atoms with E-state index in [9.17, 15) is 4.79 Å². The summed E-state index contributed by atoms with van der Waals surface area (Å²) >= 11 is 0. The standard InChI is InChI=1S/C19H23N5O2/c1-20-19(22-12-14-7-6-10-21-18(14)26-2)23-15-11-17(25)24(13-15)16-8-4-3-5-9-16/h3-10,15H,11-13H2,1-2H3,(H2,20,22,23). The number of hydrogen-bond acceptors (Lipinski definition) is 4. The van der Waals surface area contributed by atoms with Crippen LogP contribution in [0.1, 0.15) is 12.0 Å². The van der Waals surface area contributed by atoms with E-state index in [0.717, 1.165) is 11.3 Å². The van der Waals surface area contributed by atoms with Crippen LogP contribution in [0.15, 0.2) is 53.7 Å². The zero-order chi connectivity index (χ0) is 18.4. The number of aromatic nitrogens is 1. The van der Waals surface area contributed by atoms with Gasteiger partial charge in [0.15, 0.2) is 5.96 Å². The molecule has 1 aromatic heterocycles. The van der Waals surface area contributed by atoms with E-state index in [2.05, 4.69) is 20.6 Å². The molecule has 0 spiro atoms. The molecule has 7 heteroatoms. The predicted molar refractivity (Wildman–Crippen MR) is 101 cm³/mol. The van der Waals surface area contributed by atoms with E-state index in [1.807, 2.05) is 42.5 Å². The van der Waals surface area contributed by atoms with Crippen molar-refractivity contribution in [3.63, 3.8) is 0 Å². The topological polar surface area (TPSA) is 78.9 Å². The minimum Gasteiger partial charge on any atom is -0.481 e. The maximum absolute atomic E-state index is 12.3. The van der Waals surface area contributed by atoms with Crippen LogP contribution < -0.4 is 20.3 Å². The van der Waals surface area contributed by atoms with Gasteiger partial charge in [-0.2, -0.15) is 0 Å². The molecule has 0 saturated carbocycles. The van der Waals surface area contributed by atoms with Crippen molar-refractivity contribution in [3.05, 3.63) is 54.2 Å². The number of nitrogens with one attached hydrogen (secondary N) is 2. The Labute approximate surface area is 153 Å². The van der Waals surface area contributed by atoms with Gasteiger partial charge in [0.25, 0.3) is 0 Å². The lowest BCUT2D eigenvalue weighted by Gasteiger charge is -2.19. The van der Waals surface area contributed by atoms with E-state index < -0.39 is 0 Å². The lowest BCUT2D eigenvalue weighted by molar-refractivity contribution is -0.117. The quantitative estimate of drug-likeness (QED) is 0.630. The molecule has 26 heavy (non-hydrogen) atoms. The third kappa shape index (κ3) is 4.11. The number of amides is 1. The van der Waals surface area contributed by atoms with Gasteiger partial charge in [-0.25, -0.2) is 4.98 Å². The van der Waals surface area contributed by atoms with Crippen molar-refractivity contribution in [3.8, 4) is 5.88 Å². The summed E-state index contributed by atoms with van der Waals surface area (Å²) in [6, 6.07) is 13.5. The first-order chi connectivity index (χ1) is 12.7. The first-order valence-corrected chi connectivity index (χ1v) is 8.51. The highest BCUT2D eigenvalue weighted by atomic mass is 16.5. The zero-order valence-electron chi connectivity index (χ0n) is 15.0. The van der Waals surface area contributed by atoms with Crippen molar-refractivity contribution >= 4 is 17.6 Å². The fourth-order valence-corrected chi connectivity index (χ4v) is 2.97. The lowest BCUT2D eigenvalue weighted by atomic mass is 10.2. The number of carbonyl (C=O) groups excluding carboxylic acids is 1. The summed E-state index contributed by atoms with van der Waals surface area (Å²) < 4.78 is 5.26. The Balaban J connectivity index is 1.58. The average molecular weight is 353 g/mol. The third-order valence-corrected chi connectivity index (χ3v) is 4.25. The number of carbonyl (C=O) groups is 1. The summed E-state index contributed by atoms with van der Waals surface area (Å²) in [5, 5.41) is 6.56. The molecule has 1 saturated heterocycles. The van der Waals surface area contributed by atoms with Gasteiger partial charge in [0.1, 0.15) is 0 Å². The predicted octanol–water partition coefficient (Wildman–Crippen LogP) is 1.56. The number of para-hydroxylation sites is 1. The van der Waals surface area contributed by atoms with Crippen LogP contribution in [0, 0.1) is 0 Å². The van der Waals surface area contributed by atoms with Crippen LogP contribution >= 0.6 is 0 Å². The normalized spacial score (nSPS) is 17.3. The Morgan fingerprint density at radius 2 is 2.12 bits per heavy atom. The van der Waals surface area contributed by atoms with E-state index in [-0.39, 0.29) is 11.9 Å². The Morgan fingerprint density at radius 3 is 2.85 bits per heavy atom. The molecule has 1 amide bonds. The molecule has 3 rings (SSSR count). The molecular weight excluding hydrogens is 330 g/mol. The molecule has 2 heterocycles. The summed E-state index contributed by atoms with van der Waals surface area (Å²) in [6.45, 7) is 1.14. The molecule has 7 nitrogen and oxygen atoms in total. The number of rotatable bonds is 5. The van der Waals surface area contributed by atoms with Gasteiger partial charge < -0.3 is 20.3 Å². The Morgan fingerprint density at radius 1 is 1.31 bits per heavy atom. The van der Waals surface area contributed by atoms with Crippen LogP contribution in [0.3, 0.4) is 0 Å². The number of guanidine groups is 1. The average Bonchev–Trinajstić information content (AvgIpc) is 3.06. The molecule has 0 radical (unpaired) electrons. The summed E-state index contributed by atoms with van der Waals surface area (Å²) in [5.74, 6) is 1.34. The van der Waals surface area contributed by atoms with Gasteiger partial charge in [0.05, 0.1) is 13.2 Å². The summed E-state index contributed by atoms with van der Waals surface area (Å²) in [5.41, 5.74) is 1.86. The number of pyridine rings is 1. The van der Waals surface area contributed by atoms with Crippen LogP contribution in [-0.4, -0.2) is 43.6 Å². The molecule has 1 aliphatic rings. The monoisotopic (exact) mass is 353 g/mol. The summed E-state index contributed by atoms with van der Waals surface area (Å²) in [6.07, 6.45) is 2.13. The van der Waals surface area contributed by atoms with Gasteiger partial charge in [-0.1, -0.05) is 24.3 Å². The Hall–Kier alpha value is -3.09. The number of benzene rings is 1. The first-order valence-electron chi connectivity index (χ1n) is 8.51. The fourth-order valence-electron chi connectivity index (χ4n) is 2.97. The van der Waals surface area contributed by atoms with Crippen LogP contribution in [0.25, 0.3) is 0 Å². The molecule has 1 unspecified atom stereocenters. The van der Waals surface area contributed by atoms with Gasteiger partial charge in [0, 0.05) is 44.0 Å². The van der Waals surface area contributed by atoms with E-state index in [1.54, 1.807) is 25.3 Å². The van der Waals surface area contributed by atoms with E-state index in [1.165, 1.54) is 0 Å². The van der Waals surface area contributed by atoms with Crippen LogP contribution in [-0.2, 0) is 11.3 Å². The van der Waals surface area contributed by atoms with Crippen molar-refractivity contribution in [2.45, 2.75) is 19.0 Å². The van der Waals surface area contributed by atoms with Gasteiger partial charge in [-0.15, -0.1) is 0 Å². The molecule has 1 fully saturated rings. The third-order valence-electron chi connectivity index (χ3n) is 4.25. The van der Waals surface area contributed by atoms with Crippen molar-refractivity contribution in [1.29, 1.82) is 0 Å². The molecule has 0 aliphatic carbocycles. The second-order valence-corrected chi connectivity index (χ2v) is 5.98. The highest BCUT2D eigenvalue weighted by molar-refractivity contribution is 5.97. The van der Waals surface area contributed by atoms with Gasteiger partial charge >= 0.3 is 0 Å². The molecule has 1 aliphatic heterocycles. The molecule has 136 valence electrons. The van der Waals surface area contributed by atoms with Gasteiger partial charge in [-0.3, -0.25) is 9.79 Å². The summed E-state index contributed by atoms with van der Waals surface area (Å²) in [4.78, 5) is 22.6. The second kappa shape index (κ2) is 8.33. The smallest absolute Gasteiger partial charge is 0.229 e. The number of methoxy groups -OCH3 is 1. The van der Waals surface area contributed by atoms with Crippen molar-refractivity contribution in [2.75, 3.05) is 25.6 Å². The number of anilines is 1. The molecular formula is C19H23N5O2. The van der Waals surface area contributed by atoms with Gasteiger partial charge in [0.2, 0.25) is 11.8 Å². The lowest BCUT2D eigenvalue weighted by Crippen LogP contribution is -2.44. The maximum Gasteiger partial charge on any atom is 0.229 e. The molecule has 1 aromatic carbocycles. The van der Waals surface area contributed by atoms with Crippen molar-refractivity contribution in [1.82, 2.24) is 15.6 Å². The number of ether oxygens (including phenoxy) is 1. The van der Waals surface area contributed by atoms with E-state index >= 15 is 0 Å². The SMILES string of the molecule is CN=C(NCc1cccnc1OC)NC1CC(=O)N(c2ccccc2)C1. The highest BCUT2D eigenvalue weighted by Gasteiger charge is 2.31. The van der Waals surface area contributed by atoms with Crippen LogP contribution in [0.4, 0.5) is 5.69 Å². The fraction of sp³-hybridized carbons (Fsp3) is 0.316. The largest absolute Gasteiger partial charge is 0.481 e. The zero-order valence-corrected chi connectivity index (χ0v) is 15.0. The number of nitrogens with zero attached hydrogens (tertiary/aromatic N) is 3. The summed E-state index contributed by atoms with van der Waals surface area (Å²) in [7, 11) is 3.31. The molecule has 2 aromatic rings. The van der Waals surface area contributed by atoms with Crippen LogP contribution in [0.2, 0.25) is 0 Å². The minimum atomic E-state index is 0.00435. The van der Waals surface area contributed by atoms with E-state index in [0.29, 0.717) is 31.3 Å². The van der Waals surface area contributed by atoms with E-state index in [4.69, 9.17) is 4.74 Å². The van der Waals surface area contributed by atoms with Crippen molar-refractivity contribution < 1.29 is 9.53 Å². The maximum atomic E-state index is 12.3.